The van der Waals surface area contributed by atoms with E-state index in [9.17, 15) is 4.79 Å². The minimum absolute atomic E-state index is 0.0105. The van der Waals surface area contributed by atoms with E-state index < -0.39 is 0 Å². The average Bonchev–Trinajstić information content (AvgIpc) is 2.73. The van der Waals surface area contributed by atoms with Gasteiger partial charge in [0.25, 0.3) is 0 Å². The Morgan fingerprint density at radius 1 is 0.963 bits per heavy atom. The monoisotopic (exact) mass is 381 g/mol. The highest BCUT2D eigenvalue weighted by Gasteiger charge is 2.23. The number of carbonyl (C=O) groups excluding carboxylic acids is 1. The van der Waals surface area contributed by atoms with Crippen molar-refractivity contribution < 1.29 is 4.79 Å². The molecule has 7 heteroatoms. The van der Waals surface area contributed by atoms with Crippen molar-refractivity contribution >= 4 is 34.1 Å². The maximum atomic E-state index is 11.8. The van der Waals surface area contributed by atoms with Gasteiger partial charge in [-0.05, 0) is 12.1 Å². The molecule has 0 saturated carbocycles. The number of rotatable bonds is 3. The molecule has 1 amide bonds. The molecule has 1 aliphatic heterocycles. The molecule has 4 rings (SSSR count). The summed E-state index contributed by atoms with van der Waals surface area (Å²) in [5.74, 6) is 0.840. The second-order valence-corrected chi connectivity index (χ2v) is 6.93. The van der Waals surface area contributed by atoms with Crippen molar-refractivity contribution in [1.29, 1.82) is 0 Å². The van der Waals surface area contributed by atoms with Gasteiger partial charge in [-0.25, -0.2) is 0 Å². The van der Waals surface area contributed by atoms with Gasteiger partial charge in [0.05, 0.1) is 6.54 Å². The fourth-order valence-electron chi connectivity index (χ4n) is 3.44. The molecule has 2 aromatic carbocycles. The number of hydrogen-bond acceptors (Lipinski definition) is 5. The fraction of sp³-hybridized carbons (Fsp3) is 0.250. The predicted molar refractivity (Wildman–Crippen MR) is 108 cm³/mol. The Balaban J connectivity index is 1.69. The number of aromatic nitrogens is 2. The van der Waals surface area contributed by atoms with Crippen LogP contribution in [0.1, 0.15) is 0 Å². The third-order valence-corrected chi connectivity index (χ3v) is 5.14. The smallest absolute Gasteiger partial charge is 0.236 e. The maximum Gasteiger partial charge on any atom is 0.236 e. The lowest BCUT2D eigenvalue weighted by Gasteiger charge is -2.35. The number of carbonyl (C=O) groups is 1. The first-order valence-electron chi connectivity index (χ1n) is 8.91. The van der Waals surface area contributed by atoms with Crippen molar-refractivity contribution in [1.82, 2.24) is 15.1 Å². The van der Waals surface area contributed by atoms with E-state index in [0.717, 1.165) is 27.8 Å². The Labute approximate surface area is 162 Å². The summed E-state index contributed by atoms with van der Waals surface area (Å²) in [5.41, 5.74) is 7.28. The van der Waals surface area contributed by atoms with Gasteiger partial charge in [0.2, 0.25) is 5.91 Å². The number of anilines is 1. The number of benzene rings is 2. The normalized spacial score (nSPS) is 14.6. The number of piperazine rings is 1. The summed E-state index contributed by atoms with van der Waals surface area (Å²) in [5, 5.41) is 11.8. The van der Waals surface area contributed by atoms with Crippen molar-refractivity contribution in [2.45, 2.75) is 0 Å². The van der Waals surface area contributed by atoms with E-state index in [1.54, 1.807) is 4.90 Å². The van der Waals surface area contributed by atoms with Gasteiger partial charge in [-0.3, -0.25) is 4.79 Å². The van der Waals surface area contributed by atoms with Crippen LogP contribution < -0.4 is 10.6 Å². The van der Waals surface area contributed by atoms with E-state index >= 15 is 0 Å². The number of hydrogen-bond donors (Lipinski definition) is 1. The molecule has 27 heavy (non-hydrogen) atoms. The quantitative estimate of drug-likeness (QED) is 0.754. The lowest BCUT2D eigenvalue weighted by molar-refractivity contribution is -0.129. The summed E-state index contributed by atoms with van der Waals surface area (Å²) in [6.45, 7) is 2.77. The van der Waals surface area contributed by atoms with Crippen molar-refractivity contribution in [3.05, 3.63) is 53.6 Å². The summed E-state index contributed by atoms with van der Waals surface area (Å²) in [6.07, 6.45) is 0. The van der Waals surface area contributed by atoms with Crippen LogP contribution in [0.3, 0.4) is 0 Å². The second-order valence-electron chi connectivity index (χ2n) is 6.50. The molecule has 0 aliphatic carbocycles. The molecule has 1 aliphatic rings. The number of amides is 1. The van der Waals surface area contributed by atoms with E-state index in [2.05, 4.69) is 27.2 Å². The molecular weight excluding hydrogens is 362 g/mol. The van der Waals surface area contributed by atoms with Crippen molar-refractivity contribution in [3.63, 3.8) is 0 Å². The molecule has 0 atom stereocenters. The van der Waals surface area contributed by atoms with E-state index in [0.29, 0.717) is 31.2 Å². The zero-order chi connectivity index (χ0) is 18.8. The Kier molecular flexibility index (Phi) is 4.92. The van der Waals surface area contributed by atoms with Crippen LogP contribution in [0.2, 0.25) is 5.02 Å². The zero-order valence-corrected chi connectivity index (χ0v) is 15.6. The third-order valence-electron chi connectivity index (χ3n) is 4.89. The highest BCUT2D eigenvalue weighted by Crippen LogP contribution is 2.32. The van der Waals surface area contributed by atoms with Gasteiger partial charge < -0.3 is 15.5 Å². The minimum Gasteiger partial charge on any atom is -0.351 e. The third kappa shape index (κ3) is 3.46. The van der Waals surface area contributed by atoms with Crippen molar-refractivity contribution in [2.24, 2.45) is 5.73 Å². The molecule has 0 spiro atoms. The van der Waals surface area contributed by atoms with Gasteiger partial charge in [-0.2, -0.15) is 0 Å². The van der Waals surface area contributed by atoms with Crippen LogP contribution >= 0.6 is 11.6 Å². The summed E-state index contributed by atoms with van der Waals surface area (Å²) < 4.78 is 0. The molecule has 6 nitrogen and oxygen atoms in total. The first-order valence-corrected chi connectivity index (χ1v) is 9.29. The molecule has 0 unspecified atom stereocenters. The highest BCUT2D eigenvalue weighted by molar-refractivity contribution is 6.30. The first kappa shape index (κ1) is 17.7. The molecule has 2 heterocycles. The fourth-order valence-corrected chi connectivity index (χ4v) is 3.57. The molecule has 0 radical (unpaired) electrons. The zero-order valence-electron chi connectivity index (χ0n) is 14.8. The number of nitrogens with zero attached hydrogens (tertiary/aromatic N) is 4. The molecule has 2 N–H and O–H groups in total. The van der Waals surface area contributed by atoms with Crippen LogP contribution in [0, 0.1) is 0 Å². The Bertz CT molecular complexity index is 968. The van der Waals surface area contributed by atoms with Gasteiger partial charge >= 0.3 is 0 Å². The van der Waals surface area contributed by atoms with E-state index in [1.807, 2.05) is 36.4 Å². The van der Waals surface area contributed by atoms with Crippen LogP contribution in [0.4, 0.5) is 5.82 Å². The molecule has 1 aromatic heterocycles. The van der Waals surface area contributed by atoms with Crippen molar-refractivity contribution in [2.75, 3.05) is 37.6 Å². The first-order chi connectivity index (χ1) is 13.2. The van der Waals surface area contributed by atoms with Crippen LogP contribution in [0.15, 0.2) is 48.5 Å². The largest absolute Gasteiger partial charge is 0.351 e. The lowest BCUT2D eigenvalue weighted by atomic mass is 10.0. The standard InChI is InChI=1S/C20H20ClN5O/c21-15-7-5-14(6-8-15)19-16-3-1-2-4-17(16)20(24-23-19)26-11-9-25(10-12-26)18(27)13-22/h1-8H,9-13,22H2. The van der Waals surface area contributed by atoms with Crippen LogP contribution in [-0.2, 0) is 4.79 Å². The van der Waals surface area contributed by atoms with E-state index in [-0.39, 0.29) is 12.5 Å². The average molecular weight is 382 g/mol. The predicted octanol–water partition coefficient (Wildman–Crippen LogP) is 2.56. The van der Waals surface area contributed by atoms with Crippen molar-refractivity contribution in [3.8, 4) is 11.3 Å². The minimum atomic E-state index is -0.0105. The number of halogens is 1. The van der Waals surface area contributed by atoms with Crippen LogP contribution in [-0.4, -0.2) is 53.7 Å². The maximum absolute atomic E-state index is 11.8. The van der Waals surface area contributed by atoms with Crippen LogP contribution in [0.25, 0.3) is 22.0 Å². The Morgan fingerprint density at radius 3 is 2.30 bits per heavy atom. The van der Waals surface area contributed by atoms with Gasteiger partial charge in [-0.15, -0.1) is 10.2 Å². The second kappa shape index (κ2) is 7.50. The van der Waals surface area contributed by atoms with Crippen LogP contribution in [0.5, 0.6) is 0 Å². The van der Waals surface area contributed by atoms with Gasteiger partial charge in [0, 0.05) is 47.5 Å². The number of nitrogens with two attached hydrogens (primary N) is 1. The Hall–Kier alpha value is -2.70. The van der Waals surface area contributed by atoms with Gasteiger partial charge in [0.15, 0.2) is 5.82 Å². The van der Waals surface area contributed by atoms with E-state index in [4.69, 9.17) is 17.3 Å². The molecule has 0 bridgehead atoms. The highest BCUT2D eigenvalue weighted by atomic mass is 35.5. The molecule has 1 saturated heterocycles. The van der Waals surface area contributed by atoms with E-state index in [1.165, 1.54) is 0 Å². The molecule has 1 fully saturated rings. The number of fused-ring (bicyclic) bond motifs is 1. The SMILES string of the molecule is NCC(=O)N1CCN(c2nnc(-c3ccc(Cl)cc3)c3ccccc23)CC1. The Morgan fingerprint density at radius 2 is 1.63 bits per heavy atom. The molecular formula is C20H20ClN5O. The molecule has 138 valence electrons. The van der Waals surface area contributed by atoms with Gasteiger partial charge in [-0.1, -0.05) is 48.0 Å². The summed E-state index contributed by atoms with van der Waals surface area (Å²) in [6, 6.07) is 15.8. The summed E-state index contributed by atoms with van der Waals surface area (Å²) >= 11 is 6.01. The lowest BCUT2D eigenvalue weighted by Crippen LogP contribution is -2.50. The molecule has 3 aromatic rings. The van der Waals surface area contributed by atoms with Gasteiger partial charge in [0.1, 0.15) is 5.69 Å². The summed E-state index contributed by atoms with van der Waals surface area (Å²) in [4.78, 5) is 15.8. The summed E-state index contributed by atoms with van der Waals surface area (Å²) in [7, 11) is 0. The topological polar surface area (TPSA) is 75.4 Å².